The molecule has 0 atom stereocenters. The molecule has 0 bridgehead atoms. The number of anilines is 1. The van der Waals surface area contributed by atoms with Crippen LogP contribution in [0.15, 0.2) is 34.0 Å². The van der Waals surface area contributed by atoms with E-state index in [0.717, 1.165) is 37.3 Å². The van der Waals surface area contributed by atoms with Gasteiger partial charge in [0.2, 0.25) is 0 Å². The maximum absolute atomic E-state index is 13.2. The summed E-state index contributed by atoms with van der Waals surface area (Å²) < 4.78 is 15.3. The molecule has 2 saturated heterocycles. The number of nitriles is 1. The number of nitrogens with zero attached hydrogens (tertiary/aromatic N) is 4. The van der Waals surface area contributed by atoms with Gasteiger partial charge in [0, 0.05) is 25.2 Å². The van der Waals surface area contributed by atoms with Crippen LogP contribution in [0.1, 0.15) is 42.0 Å². The fourth-order valence-corrected chi connectivity index (χ4v) is 5.48. The summed E-state index contributed by atoms with van der Waals surface area (Å²) in [4.78, 5) is 30.3. The Bertz CT molecular complexity index is 1260. The van der Waals surface area contributed by atoms with Crippen molar-refractivity contribution in [1.29, 1.82) is 5.26 Å². The number of amides is 1. The molecule has 9 heteroatoms. The molecule has 2 aliphatic heterocycles. The Morgan fingerprint density at radius 3 is 2.48 bits per heavy atom. The molecule has 2 fully saturated rings. The molecule has 1 amide bonds. The highest BCUT2D eigenvalue weighted by Gasteiger charge is 2.33. The van der Waals surface area contributed by atoms with E-state index in [0.29, 0.717) is 26.9 Å². The van der Waals surface area contributed by atoms with Crippen molar-refractivity contribution in [3.05, 3.63) is 67.6 Å². The van der Waals surface area contributed by atoms with Crippen LogP contribution in [0.2, 0.25) is 0 Å². The molecule has 170 valence electrons. The van der Waals surface area contributed by atoms with Gasteiger partial charge in [-0.25, -0.2) is 4.39 Å². The molecule has 2 aliphatic rings. The third kappa shape index (κ3) is 4.33. The molecular formula is C24H23FN4O2S2. The van der Waals surface area contributed by atoms with Gasteiger partial charge in [0.1, 0.15) is 27.6 Å². The summed E-state index contributed by atoms with van der Waals surface area (Å²) in [6.45, 7) is 5.94. The molecule has 1 aromatic heterocycles. The predicted molar refractivity (Wildman–Crippen MR) is 132 cm³/mol. The smallest absolute Gasteiger partial charge is 0.270 e. The average molecular weight is 483 g/mol. The van der Waals surface area contributed by atoms with Crippen LogP contribution in [0.4, 0.5) is 10.2 Å². The summed E-state index contributed by atoms with van der Waals surface area (Å²) in [5, 5.41) is 9.66. The zero-order valence-corrected chi connectivity index (χ0v) is 20.1. The van der Waals surface area contributed by atoms with Crippen molar-refractivity contribution in [2.24, 2.45) is 0 Å². The third-order valence-corrected chi connectivity index (χ3v) is 7.35. The first kappa shape index (κ1) is 23.2. The summed E-state index contributed by atoms with van der Waals surface area (Å²) in [5.41, 5.74) is 1.83. The number of carbonyl (C=O) groups is 1. The number of pyridine rings is 1. The molecule has 4 rings (SSSR count). The van der Waals surface area contributed by atoms with Gasteiger partial charge in [0.15, 0.2) is 0 Å². The summed E-state index contributed by atoms with van der Waals surface area (Å²) in [5.74, 6) is 0.169. The van der Waals surface area contributed by atoms with Gasteiger partial charge in [-0.15, -0.1) is 0 Å². The normalized spacial score (nSPS) is 17.3. The highest BCUT2D eigenvalue weighted by molar-refractivity contribution is 8.26. The van der Waals surface area contributed by atoms with E-state index < -0.39 is 0 Å². The number of benzene rings is 1. The van der Waals surface area contributed by atoms with Crippen LogP contribution < -0.4 is 10.5 Å². The molecule has 2 aromatic rings. The topological polar surface area (TPSA) is 69.3 Å². The lowest BCUT2D eigenvalue weighted by Gasteiger charge is -2.26. The number of aromatic nitrogens is 1. The van der Waals surface area contributed by atoms with Crippen molar-refractivity contribution in [2.45, 2.75) is 39.8 Å². The van der Waals surface area contributed by atoms with Gasteiger partial charge in [-0.1, -0.05) is 36.1 Å². The minimum absolute atomic E-state index is 0.0906. The average Bonchev–Trinajstić information content (AvgIpc) is 3.41. The van der Waals surface area contributed by atoms with Crippen molar-refractivity contribution in [2.75, 3.05) is 18.0 Å². The fourth-order valence-electron chi connectivity index (χ4n) is 4.25. The Morgan fingerprint density at radius 1 is 1.21 bits per heavy atom. The van der Waals surface area contributed by atoms with Gasteiger partial charge in [-0.2, -0.15) is 5.26 Å². The largest absolute Gasteiger partial charge is 0.357 e. The second-order valence-electron chi connectivity index (χ2n) is 7.99. The molecule has 0 radical (unpaired) electrons. The number of rotatable bonds is 5. The van der Waals surface area contributed by atoms with E-state index in [2.05, 4.69) is 4.90 Å². The Hall–Kier alpha value is -2.96. The number of hydrogen-bond donors (Lipinski definition) is 0. The molecule has 0 spiro atoms. The van der Waals surface area contributed by atoms with E-state index in [4.69, 9.17) is 12.2 Å². The molecule has 33 heavy (non-hydrogen) atoms. The SMILES string of the molecule is CCn1c(N2CCCC2)c(/C=C2\SC(=S)N(Cc3ccc(F)cc3)C2=O)c(C)c(C#N)c1=O. The van der Waals surface area contributed by atoms with E-state index in [1.54, 1.807) is 29.7 Å². The van der Waals surface area contributed by atoms with E-state index in [1.807, 2.05) is 13.0 Å². The van der Waals surface area contributed by atoms with Crippen molar-refractivity contribution in [1.82, 2.24) is 9.47 Å². The maximum Gasteiger partial charge on any atom is 0.270 e. The van der Waals surface area contributed by atoms with Gasteiger partial charge in [0.25, 0.3) is 11.5 Å². The Balaban J connectivity index is 1.79. The van der Waals surface area contributed by atoms with Crippen LogP contribution >= 0.6 is 24.0 Å². The first-order valence-electron chi connectivity index (χ1n) is 10.8. The van der Waals surface area contributed by atoms with Crippen molar-refractivity contribution >= 4 is 46.1 Å². The van der Waals surface area contributed by atoms with Gasteiger partial charge < -0.3 is 4.90 Å². The number of thioether (sulfide) groups is 1. The highest BCUT2D eigenvalue weighted by Crippen LogP contribution is 2.37. The molecule has 1 aromatic carbocycles. The molecule has 3 heterocycles. The summed E-state index contributed by atoms with van der Waals surface area (Å²) >= 11 is 6.66. The van der Waals surface area contributed by atoms with Gasteiger partial charge in [0.05, 0.1) is 11.4 Å². The Morgan fingerprint density at radius 2 is 1.88 bits per heavy atom. The standard InChI is InChI=1S/C24H23FN4O2S2/c1-3-28-21(27-10-4-5-11-27)18(15(2)19(13-26)22(28)30)12-20-23(31)29(24(32)33-20)14-16-6-8-17(25)9-7-16/h6-9,12H,3-5,10-11,14H2,1-2H3/b20-12-. The second-order valence-corrected chi connectivity index (χ2v) is 9.66. The van der Waals surface area contributed by atoms with Gasteiger partial charge >= 0.3 is 0 Å². The van der Waals surface area contributed by atoms with Crippen LogP contribution in [-0.2, 0) is 17.9 Å². The monoisotopic (exact) mass is 482 g/mol. The zero-order chi connectivity index (χ0) is 23.7. The minimum Gasteiger partial charge on any atom is -0.357 e. The molecule has 0 aliphatic carbocycles. The first-order chi connectivity index (χ1) is 15.8. The van der Waals surface area contributed by atoms with Crippen LogP contribution in [0.3, 0.4) is 0 Å². The molecular weight excluding hydrogens is 459 g/mol. The van der Waals surface area contributed by atoms with Crippen LogP contribution in [0, 0.1) is 24.1 Å². The molecule has 6 nitrogen and oxygen atoms in total. The molecule has 0 N–H and O–H groups in total. The highest BCUT2D eigenvalue weighted by atomic mass is 32.2. The maximum atomic E-state index is 13.2. The summed E-state index contributed by atoms with van der Waals surface area (Å²) in [6, 6.07) is 8.01. The lowest BCUT2D eigenvalue weighted by molar-refractivity contribution is -0.122. The van der Waals surface area contributed by atoms with E-state index in [1.165, 1.54) is 28.8 Å². The number of carbonyl (C=O) groups excluding carboxylic acids is 1. The third-order valence-electron chi connectivity index (χ3n) is 5.97. The second kappa shape index (κ2) is 9.49. The van der Waals surface area contributed by atoms with Crippen molar-refractivity contribution < 1.29 is 9.18 Å². The van der Waals surface area contributed by atoms with Gasteiger partial charge in [-0.3, -0.25) is 19.1 Å². The Kier molecular flexibility index (Phi) is 6.68. The Labute approximate surface area is 201 Å². The molecule has 0 saturated carbocycles. The van der Waals surface area contributed by atoms with E-state index in [9.17, 15) is 19.2 Å². The number of hydrogen-bond acceptors (Lipinski definition) is 6. The van der Waals surface area contributed by atoms with Crippen LogP contribution in [0.25, 0.3) is 6.08 Å². The minimum atomic E-state index is -0.340. The lowest BCUT2D eigenvalue weighted by atomic mass is 10.0. The number of halogens is 1. The first-order valence-corrected chi connectivity index (χ1v) is 12.0. The predicted octanol–water partition coefficient (Wildman–Crippen LogP) is 4.19. The molecule has 0 unspecified atom stereocenters. The summed E-state index contributed by atoms with van der Waals surface area (Å²) in [6.07, 6.45) is 3.81. The van der Waals surface area contributed by atoms with E-state index in [-0.39, 0.29) is 29.4 Å². The van der Waals surface area contributed by atoms with Crippen molar-refractivity contribution in [3.8, 4) is 6.07 Å². The van der Waals surface area contributed by atoms with E-state index >= 15 is 0 Å². The fraction of sp³-hybridized carbons (Fsp3) is 0.333. The van der Waals surface area contributed by atoms with Crippen LogP contribution in [-0.4, -0.2) is 32.8 Å². The van der Waals surface area contributed by atoms with Gasteiger partial charge in [-0.05, 0) is 56.0 Å². The van der Waals surface area contributed by atoms with Crippen molar-refractivity contribution in [3.63, 3.8) is 0 Å². The lowest BCUT2D eigenvalue weighted by Crippen LogP contribution is -2.32. The summed E-state index contributed by atoms with van der Waals surface area (Å²) in [7, 11) is 0. The van der Waals surface area contributed by atoms with Crippen LogP contribution in [0.5, 0.6) is 0 Å². The zero-order valence-electron chi connectivity index (χ0n) is 18.4. The number of thiocarbonyl (C=S) groups is 1. The quantitative estimate of drug-likeness (QED) is 0.470.